The van der Waals surface area contributed by atoms with Crippen LogP contribution < -0.4 is 17.0 Å². The van der Waals surface area contributed by atoms with E-state index in [1.807, 2.05) is 18.2 Å². The minimum Gasteiger partial charge on any atom is -0.383 e. The van der Waals surface area contributed by atoms with Gasteiger partial charge < -0.3 is 5.73 Å². The number of hydrogen-bond acceptors (Lipinski definition) is 5. The molecule has 5 N–H and O–H groups in total. The normalized spacial score (nSPS) is 12.3. The molecule has 0 spiro atoms. The third kappa shape index (κ3) is 3.07. The van der Waals surface area contributed by atoms with E-state index in [2.05, 4.69) is 28.4 Å². The molecule has 2 rings (SSSR count). The third-order valence-electron chi connectivity index (χ3n) is 3.19. The Morgan fingerprint density at radius 3 is 2.47 bits per heavy atom. The lowest BCUT2D eigenvalue weighted by atomic mass is 9.99. The van der Waals surface area contributed by atoms with Gasteiger partial charge in [-0.1, -0.05) is 19.1 Å². The number of hydrazine groups is 1. The predicted octanol–water partition coefficient (Wildman–Crippen LogP) is 1.37. The van der Waals surface area contributed by atoms with Crippen LogP contribution in [0.4, 0.5) is 5.82 Å². The Labute approximate surface area is 113 Å². The smallest absolute Gasteiger partial charge is 0.126 e. The molecular formula is C14H19N5. The lowest BCUT2D eigenvalue weighted by molar-refractivity contribution is 0.533. The Hall–Kier alpha value is -1.98. The Kier molecular flexibility index (Phi) is 4.43. The Bertz CT molecular complexity index is 541. The van der Waals surface area contributed by atoms with Crippen molar-refractivity contribution in [1.29, 1.82) is 0 Å². The number of nitrogens with one attached hydrogen (secondary N) is 1. The molecule has 19 heavy (non-hydrogen) atoms. The topological polar surface area (TPSA) is 89.8 Å². The van der Waals surface area contributed by atoms with E-state index in [-0.39, 0.29) is 6.04 Å². The third-order valence-corrected chi connectivity index (χ3v) is 3.19. The Balaban J connectivity index is 2.28. The number of aromatic nitrogens is 2. The molecule has 0 amide bonds. The molecule has 2 aromatic heterocycles. The summed E-state index contributed by atoms with van der Waals surface area (Å²) < 4.78 is 0. The van der Waals surface area contributed by atoms with Crippen LogP contribution in [0.3, 0.4) is 0 Å². The van der Waals surface area contributed by atoms with Crippen LogP contribution in [0.2, 0.25) is 0 Å². The van der Waals surface area contributed by atoms with Gasteiger partial charge in [-0.25, -0.2) is 4.98 Å². The maximum atomic E-state index is 5.87. The summed E-state index contributed by atoms with van der Waals surface area (Å²) in [5.74, 6) is 6.21. The standard InChI is InChI=1S/C14H19N5/c1-2-10-5-3-7-17-13(10)12(19-16)9-11-6-4-8-18-14(11)15/h3-8,12,19H,2,9,16H2,1H3,(H2,15,18). The van der Waals surface area contributed by atoms with Crippen molar-refractivity contribution in [3.05, 3.63) is 53.5 Å². The molecule has 0 aliphatic rings. The van der Waals surface area contributed by atoms with Gasteiger partial charge in [0.25, 0.3) is 0 Å². The average Bonchev–Trinajstić information content (AvgIpc) is 2.46. The van der Waals surface area contributed by atoms with Crippen molar-refractivity contribution in [3.63, 3.8) is 0 Å². The summed E-state index contributed by atoms with van der Waals surface area (Å²) in [6.45, 7) is 2.10. The second kappa shape index (κ2) is 6.26. The van der Waals surface area contributed by atoms with E-state index in [0.717, 1.165) is 17.7 Å². The van der Waals surface area contributed by atoms with Gasteiger partial charge in [-0.05, 0) is 36.1 Å². The van der Waals surface area contributed by atoms with Gasteiger partial charge in [0.15, 0.2) is 0 Å². The van der Waals surface area contributed by atoms with Crippen LogP contribution in [0.5, 0.6) is 0 Å². The first-order chi connectivity index (χ1) is 9.26. The molecule has 0 aromatic carbocycles. The van der Waals surface area contributed by atoms with E-state index < -0.39 is 0 Å². The second-order valence-electron chi connectivity index (χ2n) is 4.37. The molecule has 5 nitrogen and oxygen atoms in total. The van der Waals surface area contributed by atoms with E-state index in [9.17, 15) is 0 Å². The molecule has 0 radical (unpaired) electrons. The number of aryl methyl sites for hydroxylation is 1. The van der Waals surface area contributed by atoms with Crippen LogP contribution in [0.15, 0.2) is 36.7 Å². The van der Waals surface area contributed by atoms with Gasteiger partial charge in [0, 0.05) is 12.4 Å². The fourth-order valence-electron chi connectivity index (χ4n) is 2.14. The highest BCUT2D eigenvalue weighted by Gasteiger charge is 2.16. The zero-order chi connectivity index (χ0) is 13.7. The number of nitrogen functional groups attached to an aromatic ring is 1. The lowest BCUT2D eigenvalue weighted by Crippen LogP contribution is -2.31. The highest BCUT2D eigenvalue weighted by Crippen LogP contribution is 2.21. The van der Waals surface area contributed by atoms with E-state index in [1.54, 1.807) is 12.4 Å². The molecule has 0 saturated carbocycles. The minimum atomic E-state index is -0.0670. The maximum Gasteiger partial charge on any atom is 0.126 e. The van der Waals surface area contributed by atoms with Crippen LogP contribution in [0.1, 0.15) is 29.8 Å². The van der Waals surface area contributed by atoms with Gasteiger partial charge in [-0.3, -0.25) is 16.3 Å². The molecule has 2 heterocycles. The zero-order valence-electron chi connectivity index (χ0n) is 11.0. The highest BCUT2D eigenvalue weighted by atomic mass is 15.2. The van der Waals surface area contributed by atoms with E-state index in [0.29, 0.717) is 12.2 Å². The fraction of sp³-hybridized carbons (Fsp3) is 0.286. The van der Waals surface area contributed by atoms with Crippen molar-refractivity contribution in [2.45, 2.75) is 25.8 Å². The summed E-state index contributed by atoms with van der Waals surface area (Å²) in [5.41, 5.74) is 11.8. The monoisotopic (exact) mass is 257 g/mol. The van der Waals surface area contributed by atoms with Gasteiger partial charge in [0.05, 0.1) is 11.7 Å². The first-order valence-corrected chi connectivity index (χ1v) is 6.35. The quantitative estimate of drug-likeness (QED) is 0.556. The van der Waals surface area contributed by atoms with Gasteiger partial charge in [-0.2, -0.15) is 0 Å². The van der Waals surface area contributed by atoms with Gasteiger partial charge in [0.2, 0.25) is 0 Å². The van der Waals surface area contributed by atoms with E-state index in [1.165, 1.54) is 5.56 Å². The van der Waals surface area contributed by atoms with Crippen molar-refractivity contribution in [2.75, 3.05) is 5.73 Å². The lowest BCUT2D eigenvalue weighted by Gasteiger charge is -2.18. The molecule has 100 valence electrons. The molecule has 0 saturated heterocycles. The molecular weight excluding hydrogens is 238 g/mol. The number of nitrogens with two attached hydrogens (primary N) is 2. The Morgan fingerprint density at radius 1 is 1.16 bits per heavy atom. The summed E-state index contributed by atoms with van der Waals surface area (Å²) >= 11 is 0. The second-order valence-corrected chi connectivity index (χ2v) is 4.37. The SMILES string of the molecule is CCc1cccnc1C(Cc1cccnc1N)NN. The molecule has 0 aliphatic heterocycles. The van der Waals surface area contributed by atoms with Crippen LogP contribution in [-0.2, 0) is 12.8 Å². The van der Waals surface area contributed by atoms with E-state index in [4.69, 9.17) is 11.6 Å². The van der Waals surface area contributed by atoms with Crippen molar-refractivity contribution in [3.8, 4) is 0 Å². The van der Waals surface area contributed by atoms with Gasteiger partial charge in [-0.15, -0.1) is 0 Å². The predicted molar refractivity (Wildman–Crippen MR) is 76.0 cm³/mol. The summed E-state index contributed by atoms with van der Waals surface area (Å²) in [6.07, 6.45) is 5.05. The van der Waals surface area contributed by atoms with E-state index >= 15 is 0 Å². The van der Waals surface area contributed by atoms with Crippen LogP contribution in [-0.4, -0.2) is 9.97 Å². The number of anilines is 1. The minimum absolute atomic E-state index is 0.0670. The highest BCUT2D eigenvalue weighted by molar-refractivity contribution is 5.40. The fourth-order valence-corrected chi connectivity index (χ4v) is 2.14. The van der Waals surface area contributed by atoms with Gasteiger partial charge >= 0.3 is 0 Å². The molecule has 1 atom stereocenters. The molecule has 0 bridgehead atoms. The molecule has 2 aromatic rings. The van der Waals surface area contributed by atoms with Crippen molar-refractivity contribution in [1.82, 2.24) is 15.4 Å². The molecule has 5 heteroatoms. The molecule has 0 fully saturated rings. The number of hydrogen-bond donors (Lipinski definition) is 3. The summed E-state index contributed by atoms with van der Waals surface area (Å²) in [6, 6.07) is 7.77. The number of nitrogens with zero attached hydrogens (tertiary/aromatic N) is 2. The van der Waals surface area contributed by atoms with Crippen molar-refractivity contribution >= 4 is 5.82 Å². The van der Waals surface area contributed by atoms with Crippen LogP contribution >= 0.6 is 0 Å². The molecule has 1 unspecified atom stereocenters. The maximum absolute atomic E-state index is 5.87. The summed E-state index contributed by atoms with van der Waals surface area (Å²) in [7, 11) is 0. The first-order valence-electron chi connectivity index (χ1n) is 6.35. The average molecular weight is 257 g/mol. The largest absolute Gasteiger partial charge is 0.383 e. The van der Waals surface area contributed by atoms with Gasteiger partial charge in [0.1, 0.15) is 5.82 Å². The zero-order valence-corrected chi connectivity index (χ0v) is 11.0. The number of pyridine rings is 2. The first kappa shape index (κ1) is 13.5. The summed E-state index contributed by atoms with van der Waals surface area (Å²) in [5, 5.41) is 0. The Morgan fingerprint density at radius 2 is 1.84 bits per heavy atom. The molecule has 0 aliphatic carbocycles. The van der Waals surface area contributed by atoms with Crippen molar-refractivity contribution in [2.24, 2.45) is 5.84 Å². The van der Waals surface area contributed by atoms with Crippen molar-refractivity contribution < 1.29 is 0 Å². The number of rotatable bonds is 5. The summed E-state index contributed by atoms with van der Waals surface area (Å²) in [4.78, 5) is 8.53. The van der Waals surface area contributed by atoms with Crippen LogP contribution in [0, 0.1) is 0 Å². The van der Waals surface area contributed by atoms with Crippen LogP contribution in [0.25, 0.3) is 0 Å².